The van der Waals surface area contributed by atoms with Gasteiger partial charge in [-0.1, -0.05) is 12.1 Å². The van der Waals surface area contributed by atoms with Crippen LogP contribution in [0, 0.1) is 0 Å². The first-order valence-electron chi connectivity index (χ1n) is 9.67. The number of ether oxygens (including phenoxy) is 2. The van der Waals surface area contributed by atoms with Crippen molar-refractivity contribution in [3.63, 3.8) is 0 Å². The van der Waals surface area contributed by atoms with Crippen LogP contribution in [0.4, 0.5) is 11.4 Å². The van der Waals surface area contributed by atoms with Crippen molar-refractivity contribution >= 4 is 11.4 Å². The summed E-state index contributed by atoms with van der Waals surface area (Å²) in [6, 6.07) is 24.3. The summed E-state index contributed by atoms with van der Waals surface area (Å²) in [4.78, 5) is 0. The molecule has 0 heterocycles. The van der Waals surface area contributed by atoms with E-state index >= 15 is 0 Å². The second kappa shape index (κ2) is 8.59. The van der Waals surface area contributed by atoms with Gasteiger partial charge in [0, 0.05) is 11.4 Å². The Kier molecular flexibility index (Phi) is 5.53. The first kappa shape index (κ1) is 20.0. The number of hydrogen-bond donors (Lipinski definition) is 4. The molecule has 4 aromatic carbocycles. The van der Waals surface area contributed by atoms with Gasteiger partial charge in [-0.15, -0.1) is 0 Å². The molecule has 0 aliphatic rings. The van der Waals surface area contributed by atoms with E-state index < -0.39 is 0 Å². The van der Waals surface area contributed by atoms with E-state index in [4.69, 9.17) is 20.9 Å². The minimum absolute atomic E-state index is 0.0295. The first-order chi connectivity index (χ1) is 15.0. The van der Waals surface area contributed by atoms with Crippen molar-refractivity contribution in [3.8, 4) is 34.5 Å². The van der Waals surface area contributed by atoms with Gasteiger partial charge in [-0.25, -0.2) is 0 Å². The molecule has 31 heavy (non-hydrogen) atoms. The van der Waals surface area contributed by atoms with E-state index in [1.165, 1.54) is 0 Å². The molecule has 0 spiro atoms. The van der Waals surface area contributed by atoms with Crippen molar-refractivity contribution in [3.05, 3.63) is 96.1 Å². The molecule has 0 saturated carbocycles. The van der Waals surface area contributed by atoms with Gasteiger partial charge in [0.2, 0.25) is 0 Å². The van der Waals surface area contributed by atoms with Crippen LogP contribution in [0.25, 0.3) is 0 Å². The molecule has 0 aliphatic carbocycles. The summed E-state index contributed by atoms with van der Waals surface area (Å²) in [5.74, 6) is 1.92. The summed E-state index contributed by atoms with van der Waals surface area (Å²) in [6.45, 7) is 0. The monoisotopic (exact) mass is 414 g/mol. The molecule has 6 N–H and O–H groups in total. The third kappa shape index (κ3) is 5.00. The Labute approximate surface area is 179 Å². The number of nitrogen functional groups attached to an aromatic ring is 2. The molecule has 0 radical (unpaired) electrons. The highest BCUT2D eigenvalue weighted by molar-refractivity contribution is 5.50. The fourth-order valence-corrected chi connectivity index (χ4v) is 3.08. The normalized spacial score (nSPS) is 10.6. The number of aromatic hydroxyl groups is 2. The number of phenols is 2. The number of phenolic OH excluding ortho intramolecular Hbond substituents is 2. The lowest BCUT2D eigenvalue weighted by Crippen LogP contribution is -1.92. The molecule has 4 aromatic rings. The molecule has 0 unspecified atom stereocenters. The molecule has 0 aromatic heterocycles. The number of benzene rings is 4. The van der Waals surface area contributed by atoms with E-state index in [-0.39, 0.29) is 11.5 Å². The van der Waals surface area contributed by atoms with Crippen molar-refractivity contribution in [2.75, 3.05) is 11.5 Å². The molecule has 6 heteroatoms. The Morgan fingerprint density at radius 1 is 0.548 bits per heavy atom. The van der Waals surface area contributed by atoms with Crippen LogP contribution < -0.4 is 20.9 Å². The molecule has 0 amide bonds. The second-order valence-corrected chi connectivity index (χ2v) is 7.12. The molecule has 0 saturated heterocycles. The molecular formula is C25H22N2O4. The second-order valence-electron chi connectivity index (χ2n) is 7.12. The molecule has 0 aliphatic heterocycles. The fourth-order valence-electron chi connectivity index (χ4n) is 3.08. The smallest absolute Gasteiger partial charge is 0.169 e. The van der Waals surface area contributed by atoms with Gasteiger partial charge in [-0.2, -0.15) is 0 Å². The Hall–Kier alpha value is -4.32. The van der Waals surface area contributed by atoms with Crippen LogP contribution in [0.1, 0.15) is 11.1 Å². The fraction of sp³-hybridized carbons (Fsp3) is 0.0400. The average Bonchev–Trinajstić information content (AvgIpc) is 2.75. The molecule has 0 bridgehead atoms. The standard InChI is InChI=1S/C25H22N2O4/c26-18-3-7-20(8-4-18)30-24-11-1-16(14-22(24)28)13-17-2-12-25(23(29)15-17)31-21-9-5-19(27)6-10-21/h1-12,14-15,28-29H,13,26-27H2. The zero-order valence-electron chi connectivity index (χ0n) is 16.7. The maximum atomic E-state index is 10.3. The quantitative estimate of drug-likeness (QED) is 0.313. The van der Waals surface area contributed by atoms with Crippen molar-refractivity contribution in [2.24, 2.45) is 0 Å². The summed E-state index contributed by atoms with van der Waals surface area (Å²) in [7, 11) is 0. The van der Waals surface area contributed by atoms with E-state index in [1.807, 2.05) is 12.1 Å². The summed E-state index contributed by atoms with van der Waals surface area (Å²) in [5, 5.41) is 20.7. The molecule has 0 atom stereocenters. The van der Waals surface area contributed by atoms with Gasteiger partial charge >= 0.3 is 0 Å². The topological polar surface area (TPSA) is 111 Å². The number of hydrogen-bond acceptors (Lipinski definition) is 6. The highest BCUT2D eigenvalue weighted by atomic mass is 16.5. The van der Waals surface area contributed by atoms with E-state index in [9.17, 15) is 10.2 Å². The third-order valence-electron chi connectivity index (χ3n) is 4.67. The van der Waals surface area contributed by atoms with Crippen molar-refractivity contribution in [1.82, 2.24) is 0 Å². The molecular weight excluding hydrogens is 392 g/mol. The first-order valence-corrected chi connectivity index (χ1v) is 9.67. The van der Waals surface area contributed by atoms with Gasteiger partial charge in [0.25, 0.3) is 0 Å². The van der Waals surface area contributed by atoms with Gasteiger partial charge in [0.1, 0.15) is 11.5 Å². The zero-order chi connectivity index (χ0) is 21.8. The predicted octanol–water partition coefficient (Wildman–Crippen LogP) is 5.44. The number of anilines is 2. The average molecular weight is 414 g/mol. The minimum Gasteiger partial charge on any atom is -0.504 e. The van der Waals surface area contributed by atoms with E-state index in [0.29, 0.717) is 40.8 Å². The molecule has 4 rings (SSSR count). The highest BCUT2D eigenvalue weighted by Gasteiger charge is 2.09. The Morgan fingerprint density at radius 2 is 0.935 bits per heavy atom. The van der Waals surface area contributed by atoms with Crippen LogP contribution in [-0.4, -0.2) is 10.2 Å². The van der Waals surface area contributed by atoms with E-state index in [1.54, 1.807) is 72.8 Å². The lowest BCUT2D eigenvalue weighted by Gasteiger charge is -2.11. The third-order valence-corrected chi connectivity index (χ3v) is 4.67. The van der Waals surface area contributed by atoms with Crippen molar-refractivity contribution in [1.29, 1.82) is 0 Å². The summed E-state index contributed by atoms with van der Waals surface area (Å²) in [6.07, 6.45) is 0.519. The van der Waals surface area contributed by atoms with Crippen LogP contribution in [0.2, 0.25) is 0 Å². The Balaban J connectivity index is 1.44. The van der Waals surface area contributed by atoms with E-state index in [0.717, 1.165) is 11.1 Å². The van der Waals surface area contributed by atoms with E-state index in [2.05, 4.69) is 0 Å². The minimum atomic E-state index is 0.0295. The SMILES string of the molecule is Nc1ccc(Oc2ccc(Cc3ccc(Oc4ccc(N)cc4)c(O)c3)cc2O)cc1. The Morgan fingerprint density at radius 3 is 1.29 bits per heavy atom. The van der Waals surface area contributed by atoms with Gasteiger partial charge < -0.3 is 31.2 Å². The van der Waals surface area contributed by atoms with Gasteiger partial charge in [-0.3, -0.25) is 0 Å². The lowest BCUT2D eigenvalue weighted by molar-refractivity contribution is 0.410. The largest absolute Gasteiger partial charge is 0.504 e. The van der Waals surface area contributed by atoms with Crippen LogP contribution in [0.15, 0.2) is 84.9 Å². The van der Waals surface area contributed by atoms with Crippen molar-refractivity contribution in [2.45, 2.75) is 6.42 Å². The van der Waals surface area contributed by atoms with Crippen LogP contribution in [0.5, 0.6) is 34.5 Å². The predicted molar refractivity (Wildman–Crippen MR) is 121 cm³/mol. The summed E-state index contributed by atoms with van der Waals surface area (Å²) in [5.41, 5.74) is 14.4. The summed E-state index contributed by atoms with van der Waals surface area (Å²) >= 11 is 0. The zero-order valence-corrected chi connectivity index (χ0v) is 16.7. The van der Waals surface area contributed by atoms with Crippen LogP contribution >= 0.6 is 0 Å². The van der Waals surface area contributed by atoms with Crippen LogP contribution in [0.3, 0.4) is 0 Å². The van der Waals surface area contributed by atoms with Gasteiger partial charge in [-0.05, 0) is 90.3 Å². The lowest BCUT2D eigenvalue weighted by atomic mass is 10.0. The highest BCUT2D eigenvalue weighted by Crippen LogP contribution is 2.34. The van der Waals surface area contributed by atoms with Crippen molar-refractivity contribution < 1.29 is 19.7 Å². The maximum Gasteiger partial charge on any atom is 0.169 e. The Bertz CT molecular complexity index is 1090. The molecule has 6 nitrogen and oxygen atoms in total. The number of nitrogens with two attached hydrogens (primary N) is 2. The molecule has 0 fully saturated rings. The van der Waals surface area contributed by atoms with Crippen LogP contribution in [-0.2, 0) is 6.42 Å². The maximum absolute atomic E-state index is 10.3. The van der Waals surface area contributed by atoms with Gasteiger partial charge in [0.05, 0.1) is 0 Å². The summed E-state index contributed by atoms with van der Waals surface area (Å²) < 4.78 is 11.4. The number of rotatable bonds is 6. The molecule has 156 valence electrons. The van der Waals surface area contributed by atoms with Gasteiger partial charge in [0.15, 0.2) is 23.0 Å².